The van der Waals surface area contributed by atoms with Gasteiger partial charge in [-0.05, 0) is 40.0 Å². The van der Waals surface area contributed by atoms with Crippen molar-refractivity contribution in [2.45, 2.75) is 19.3 Å². The summed E-state index contributed by atoms with van der Waals surface area (Å²) in [6.07, 6.45) is 2.61. The second-order valence-corrected chi connectivity index (χ2v) is 5.06. The number of rotatable bonds is 8. The van der Waals surface area contributed by atoms with Crippen LogP contribution in [0, 0.1) is 0 Å². The molecule has 1 aliphatic rings. The fourth-order valence-corrected chi connectivity index (χ4v) is 2.12. The van der Waals surface area contributed by atoms with Crippen LogP contribution >= 0.6 is 0 Å². The predicted molar refractivity (Wildman–Crippen MR) is 74.7 cm³/mol. The van der Waals surface area contributed by atoms with Crippen LogP contribution in [0.4, 0.5) is 0 Å². The van der Waals surface area contributed by atoms with Crippen molar-refractivity contribution in [1.29, 1.82) is 0 Å². The normalized spacial score (nSPS) is 17.9. The second kappa shape index (κ2) is 9.30. The van der Waals surface area contributed by atoms with E-state index in [1.807, 2.05) is 7.05 Å². The maximum Gasteiger partial charge on any atom is 0.220 e. The van der Waals surface area contributed by atoms with Gasteiger partial charge in [0, 0.05) is 39.1 Å². The third-order valence-electron chi connectivity index (χ3n) is 3.40. The molecule has 0 aromatic rings. The Morgan fingerprint density at radius 3 is 2.50 bits per heavy atom. The van der Waals surface area contributed by atoms with Crippen LogP contribution in [-0.2, 0) is 4.79 Å². The molecule has 5 nitrogen and oxygen atoms in total. The van der Waals surface area contributed by atoms with E-state index in [1.54, 1.807) is 0 Å². The maximum atomic E-state index is 11.5. The fraction of sp³-hybridized carbons (Fsp3) is 0.923. The van der Waals surface area contributed by atoms with Crippen molar-refractivity contribution in [3.05, 3.63) is 0 Å². The molecule has 0 radical (unpaired) electrons. The molecule has 0 atom stereocenters. The number of hydrogen-bond acceptors (Lipinski definition) is 4. The lowest BCUT2D eigenvalue weighted by Gasteiger charge is -2.32. The van der Waals surface area contributed by atoms with E-state index in [0.717, 1.165) is 58.7 Å². The van der Waals surface area contributed by atoms with Gasteiger partial charge in [-0.2, -0.15) is 0 Å². The highest BCUT2D eigenvalue weighted by molar-refractivity contribution is 5.75. The van der Waals surface area contributed by atoms with Gasteiger partial charge in [-0.15, -0.1) is 0 Å². The average Bonchev–Trinajstić information content (AvgIpc) is 2.37. The zero-order valence-corrected chi connectivity index (χ0v) is 11.9. The van der Waals surface area contributed by atoms with Crippen molar-refractivity contribution in [2.75, 3.05) is 59.9 Å². The molecule has 0 spiro atoms. The van der Waals surface area contributed by atoms with Crippen LogP contribution in [0.15, 0.2) is 0 Å². The van der Waals surface area contributed by atoms with E-state index in [0.29, 0.717) is 6.42 Å². The Morgan fingerprint density at radius 1 is 1.11 bits per heavy atom. The molecule has 1 heterocycles. The van der Waals surface area contributed by atoms with Crippen LogP contribution in [0.5, 0.6) is 0 Å². The van der Waals surface area contributed by atoms with Gasteiger partial charge in [-0.25, -0.2) is 0 Å². The predicted octanol–water partition coefficient (Wildman–Crippen LogP) is -0.260. The highest BCUT2D eigenvalue weighted by Crippen LogP contribution is 1.99. The summed E-state index contributed by atoms with van der Waals surface area (Å²) in [4.78, 5) is 16.3. The number of carbonyl (C=O) groups excluding carboxylic acids is 1. The van der Waals surface area contributed by atoms with Crippen molar-refractivity contribution >= 4 is 5.91 Å². The Hall–Kier alpha value is -0.650. The van der Waals surface area contributed by atoms with Crippen LogP contribution in [0.25, 0.3) is 0 Å². The van der Waals surface area contributed by atoms with Crippen LogP contribution in [0.2, 0.25) is 0 Å². The van der Waals surface area contributed by atoms with E-state index in [4.69, 9.17) is 0 Å². The first-order valence-electron chi connectivity index (χ1n) is 7.04. The van der Waals surface area contributed by atoms with Gasteiger partial charge in [-0.1, -0.05) is 0 Å². The molecule has 18 heavy (non-hydrogen) atoms. The molecule has 1 rings (SSSR count). The SMILES string of the molecule is CNCCCC(=O)NCCCN1CCN(C)CC1. The Bertz CT molecular complexity index is 227. The molecule has 1 saturated heterocycles. The topological polar surface area (TPSA) is 47.6 Å². The van der Waals surface area contributed by atoms with Crippen molar-refractivity contribution in [3.63, 3.8) is 0 Å². The Labute approximate surface area is 111 Å². The molecule has 0 unspecified atom stereocenters. The second-order valence-electron chi connectivity index (χ2n) is 5.06. The summed E-state index contributed by atoms with van der Waals surface area (Å²) in [7, 11) is 4.08. The van der Waals surface area contributed by atoms with Gasteiger partial charge in [0.1, 0.15) is 0 Å². The minimum atomic E-state index is 0.184. The smallest absolute Gasteiger partial charge is 0.220 e. The third kappa shape index (κ3) is 6.93. The molecular weight excluding hydrogens is 228 g/mol. The van der Waals surface area contributed by atoms with Gasteiger partial charge in [0.15, 0.2) is 0 Å². The number of hydrogen-bond donors (Lipinski definition) is 2. The van der Waals surface area contributed by atoms with Crippen molar-refractivity contribution < 1.29 is 4.79 Å². The van der Waals surface area contributed by atoms with Crippen molar-refractivity contribution in [3.8, 4) is 0 Å². The molecule has 1 aliphatic heterocycles. The van der Waals surface area contributed by atoms with E-state index in [9.17, 15) is 4.79 Å². The van der Waals surface area contributed by atoms with Gasteiger partial charge in [0.05, 0.1) is 0 Å². The number of carbonyl (C=O) groups is 1. The summed E-state index contributed by atoms with van der Waals surface area (Å²) >= 11 is 0. The van der Waals surface area contributed by atoms with E-state index >= 15 is 0 Å². The van der Waals surface area contributed by atoms with Gasteiger partial charge in [0.25, 0.3) is 0 Å². The Morgan fingerprint density at radius 2 is 1.83 bits per heavy atom. The van der Waals surface area contributed by atoms with E-state index in [-0.39, 0.29) is 5.91 Å². The van der Waals surface area contributed by atoms with Gasteiger partial charge in [0.2, 0.25) is 5.91 Å². The monoisotopic (exact) mass is 256 g/mol. The van der Waals surface area contributed by atoms with Gasteiger partial charge >= 0.3 is 0 Å². The molecule has 5 heteroatoms. The van der Waals surface area contributed by atoms with Crippen LogP contribution in [-0.4, -0.2) is 75.6 Å². The molecule has 0 aromatic heterocycles. The molecular formula is C13H28N4O. The molecule has 0 saturated carbocycles. The number of nitrogens with one attached hydrogen (secondary N) is 2. The summed E-state index contributed by atoms with van der Waals surface area (Å²) in [5.41, 5.74) is 0. The lowest BCUT2D eigenvalue weighted by Crippen LogP contribution is -2.45. The molecule has 1 fully saturated rings. The first-order chi connectivity index (χ1) is 8.72. The lowest BCUT2D eigenvalue weighted by molar-refractivity contribution is -0.121. The minimum absolute atomic E-state index is 0.184. The zero-order chi connectivity index (χ0) is 13.2. The van der Waals surface area contributed by atoms with E-state index < -0.39 is 0 Å². The molecule has 106 valence electrons. The van der Waals surface area contributed by atoms with E-state index in [2.05, 4.69) is 27.5 Å². The van der Waals surface area contributed by atoms with Crippen LogP contribution in [0.1, 0.15) is 19.3 Å². The first-order valence-corrected chi connectivity index (χ1v) is 7.04. The van der Waals surface area contributed by atoms with Crippen molar-refractivity contribution in [1.82, 2.24) is 20.4 Å². The summed E-state index contributed by atoms with van der Waals surface area (Å²) in [6, 6.07) is 0. The first kappa shape index (κ1) is 15.4. The van der Waals surface area contributed by atoms with Gasteiger partial charge in [-0.3, -0.25) is 4.79 Å². The quantitative estimate of drug-likeness (QED) is 0.588. The highest BCUT2D eigenvalue weighted by atomic mass is 16.1. The highest BCUT2D eigenvalue weighted by Gasteiger charge is 2.12. The van der Waals surface area contributed by atoms with Gasteiger partial charge < -0.3 is 20.4 Å². The van der Waals surface area contributed by atoms with Crippen molar-refractivity contribution in [2.24, 2.45) is 0 Å². The number of piperazine rings is 1. The number of nitrogens with zero attached hydrogens (tertiary/aromatic N) is 2. The molecule has 0 aromatic carbocycles. The maximum absolute atomic E-state index is 11.5. The number of amides is 1. The molecule has 0 bridgehead atoms. The summed E-state index contributed by atoms with van der Waals surface area (Å²) in [6.45, 7) is 7.47. The summed E-state index contributed by atoms with van der Waals surface area (Å²) < 4.78 is 0. The lowest BCUT2D eigenvalue weighted by atomic mass is 10.2. The molecule has 0 aliphatic carbocycles. The molecule has 2 N–H and O–H groups in total. The Kier molecular flexibility index (Phi) is 7.96. The largest absolute Gasteiger partial charge is 0.356 e. The van der Waals surface area contributed by atoms with Crippen LogP contribution in [0.3, 0.4) is 0 Å². The third-order valence-corrected chi connectivity index (χ3v) is 3.40. The number of likely N-dealkylation sites (N-methyl/N-ethyl adjacent to an activating group) is 1. The summed E-state index contributed by atoms with van der Waals surface area (Å²) in [5, 5.41) is 6.03. The minimum Gasteiger partial charge on any atom is -0.356 e. The fourth-order valence-electron chi connectivity index (χ4n) is 2.12. The Balaban J connectivity index is 1.93. The standard InChI is InChI=1S/C13H28N4O/c1-14-6-3-5-13(18)15-7-4-8-17-11-9-16(2)10-12-17/h14H,3-12H2,1-2H3,(H,15,18). The van der Waals surface area contributed by atoms with E-state index in [1.165, 1.54) is 0 Å². The summed E-state index contributed by atoms with van der Waals surface area (Å²) in [5.74, 6) is 0.184. The zero-order valence-electron chi connectivity index (χ0n) is 11.9. The molecule has 1 amide bonds. The van der Waals surface area contributed by atoms with Crippen LogP contribution < -0.4 is 10.6 Å². The average molecular weight is 256 g/mol.